The van der Waals surface area contributed by atoms with Gasteiger partial charge in [0.25, 0.3) is 0 Å². The highest BCUT2D eigenvalue weighted by Crippen LogP contribution is 2.35. The Kier molecular flexibility index (Phi) is 5.72. The van der Waals surface area contributed by atoms with Crippen LogP contribution in [0.25, 0.3) is 10.9 Å². The number of para-hydroxylation sites is 1. The molecular formula is C25H31N3O. The van der Waals surface area contributed by atoms with Crippen molar-refractivity contribution in [2.24, 2.45) is 7.05 Å². The van der Waals surface area contributed by atoms with Crippen LogP contribution in [0.15, 0.2) is 54.7 Å². The van der Waals surface area contributed by atoms with Crippen LogP contribution in [0.5, 0.6) is 0 Å². The van der Waals surface area contributed by atoms with E-state index in [1.807, 2.05) is 0 Å². The molecular weight excluding hydrogens is 358 g/mol. The van der Waals surface area contributed by atoms with Crippen LogP contribution in [0, 0.1) is 6.92 Å². The lowest BCUT2D eigenvalue weighted by Crippen LogP contribution is -2.48. The van der Waals surface area contributed by atoms with Gasteiger partial charge in [-0.05, 0) is 30.7 Å². The van der Waals surface area contributed by atoms with Gasteiger partial charge in [-0.15, -0.1) is 0 Å². The first-order valence-electron chi connectivity index (χ1n) is 10.7. The van der Waals surface area contributed by atoms with E-state index in [2.05, 4.69) is 90.0 Å². The van der Waals surface area contributed by atoms with Crippen molar-refractivity contribution in [2.45, 2.75) is 26.2 Å². The summed E-state index contributed by atoms with van der Waals surface area (Å²) in [4.78, 5) is 17.7. The molecule has 4 heteroatoms. The Labute approximate surface area is 173 Å². The van der Waals surface area contributed by atoms with Gasteiger partial charge in [-0.3, -0.25) is 4.79 Å². The predicted octanol–water partition coefficient (Wildman–Crippen LogP) is 4.17. The van der Waals surface area contributed by atoms with Gasteiger partial charge < -0.3 is 14.4 Å². The number of piperazine rings is 1. The quantitative estimate of drug-likeness (QED) is 0.655. The molecule has 1 fully saturated rings. The van der Waals surface area contributed by atoms with Gasteiger partial charge in [0.05, 0.1) is 0 Å². The monoisotopic (exact) mass is 389 g/mol. The van der Waals surface area contributed by atoms with Crippen LogP contribution in [0.4, 0.5) is 0 Å². The van der Waals surface area contributed by atoms with Crippen molar-refractivity contribution in [3.63, 3.8) is 0 Å². The minimum Gasteiger partial charge on any atom is -0.350 e. The number of hydrogen-bond acceptors (Lipinski definition) is 2. The molecule has 3 aromatic rings. The number of amides is 1. The van der Waals surface area contributed by atoms with Crippen LogP contribution in [-0.4, -0.2) is 53.0 Å². The normalized spacial score (nSPS) is 16.3. The number of carbonyl (C=O) groups is 1. The summed E-state index contributed by atoms with van der Waals surface area (Å²) in [6.07, 6.45) is 2.73. The molecule has 0 saturated carbocycles. The van der Waals surface area contributed by atoms with Crippen molar-refractivity contribution in [2.75, 3.05) is 32.7 Å². The first-order chi connectivity index (χ1) is 14.1. The predicted molar refractivity (Wildman–Crippen MR) is 119 cm³/mol. The van der Waals surface area contributed by atoms with E-state index >= 15 is 0 Å². The maximum absolute atomic E-state index is 13.3. The van der Waals surface area contributed by atoms with Crippen molar-refractivity contribution in [1.29, 1.82) is 0 Å². The first kappa shape index (κ1) is 19.7. The number of fused-ring (bicyclic) bond motifs is 1. The second kappa shape index (κ2) is 8.42. The Bertz CT molecular complexity index is 998. The van der Waals surface area contributed by atoms with Crippen molar-refractivity contribution in [3.05, 3.63) is 71.4 Å². The van der Waals surface area contributed by atoms with Gasteiger partial charge in [0.1, 0.15) is 0 Å². The van der Waals surface area contributed by atoms with Crippen LogP contribution in [-0.2, 0) is 11.8 Å². The van der Waals surface area contributed by atoms with Crippen LogP contribution in [0.2, 0.25) is 0 Å². The third-order valence-electron chi connectivity index (χ3n) is 6.30. The number of rotatable bonds is 5. The molecule has 4 nitrogen and oxygen atoms in total. The molecule has 0 aliphatic carbocycles. The molecule has 1 amide bonds. The summed E-state index contributed by atoms with van der Waals surface area (Å²) in [6, 6.07) is 17.1. The molecule has 1 atom stereocenters. The average Bonchev–Trinajstić information content (AvgIpc) is 3.08. The average molecular weight is 390 g/mol. The smallest absolute Gasteiger partial charge is 0.223 e. The van der Waals surface area contributed by atoms with E-state index in [9.17, 15) is 4.79 Å². The van der Waals surface area contributed by atoms with Crippen LogP contribution in [0.1, 0.15) is 36.0 Å². The second-order valence-corrected chi connectivity index (χ2v) is 8.20. The third kappa shape index (κ3) is 4.08. The van der Waals surface area contributed by atoms with E-state index in [0.717, 1.165) is 32.7 Å². The van der Waals surface area contributed by atoms with Gasteiger partial charge in [0.15, 0.2) is 0 Å². The molecule has 1 aliphatic rings. The van der Waals surface area contributed by atoms with Crippen molar-refractivity contribution >= 4 is 16.8 Å². The van der Waals surface area contributed by atoms with Gasteiger partial charge in [0.2, 0.25) is 5.91 Å². The topological polar surface area (TPSA) is 28.5 Å². The van der Waals surface area contributed by atoms with Gasteiger partial charge in [0, 0.05) is 62.7 Å². The molecule has 1 aromatic heterocycles. The molecule has 1 unspecified atom stereocenters. The summed E-state index contributed by atoms with van der Waals surface area (Å²) < 4.78 is 2.18. The van der Waals surface area contributed by atoms with E-state index in [-0.39, 0.29) is 11.8 Å². The van der Waals surface area contributed by atoms with Crippen molar-refractivity contribution in [3.8, 4) is 0 Å². The molecule has 29 heavy (non-hydrogen) atoms. The summed E-state index contributed by atoms with van der Waals surface area (Å²) in [5.41, 5.74) is 4.91. The Morgan fingerprint density at radius 2 is 1.79 bits per heavy atom. The van der Waals surface area contributed by atoms with E-state index < -0.39 is 0 Å². The number of aromatic nitrogens is 1. The minimum atomic E-state index is 0.0673. The molecule has 4 rings (SSSR count). The highest BCUT2D eigenvalue weighted by atomic mass is 16.2. The van der Waals surface area contributed by atoms with Gasteiger partial charge in [-0.2, -0.15) is 0 Å². The summed E-state index contributed by atoms with van der Waals surface area (Å²) in [6.45, 7) is 8.99. The zero-order chi connectivity index (χ0) is 20.4. The second-order valence-electron chi connectivity index (χ2n) is 8.20. The molecule has 1 saturated heterocycles. The molecule has 0 N–H and O–H groups in total. The lowest BCUT2D eigenvalue weighted by atomic mass is 9.87. The fourth-order valence-electron chi connectivity index (χ4n) is 4.56. The summed E-state index contributed by atoms with van der Waals surface area (Å²) in [5.74, 6) is 0.331. The van der Waals surface area contributed by atoms with Crippen molar-refractivity contribution in [1.82, 2.24) is 14.4 Å². The number of aryl methyl sites for hydroxylation is 2. The van der Waals surface area contributed by atoms with E-state index in [1.54, 1.807) is 0 Å². The number of carbonyl (C=O) groups excluding carboxylic acids is 1. The van der Waals surface area contributed by atoms with Crippen LogP contribution < -0.4 is 0 Å². The summed E-state index contributed by atoms with van der Waals surface area (Å²) in [7, 11) is 2.09. The standard InChI is InChI=1S/C25H31N3O/c1-4-27-12-14-28(15-13-27)25(29)17-22(20-9-7-8-19(2)16-20)23-18-26(3)24-11-6-5-10-21(23)24/h5-11,16,18,22H,4,12-15,17H2,1-3H3. The number of likely N-dealkylation sites (N-methyl/N-ethyl adjacent to an activating group) is 1. The largest absolute Gasteiger partial charge is 0.350 e. The molecule has 0 bridgehead atoms. The fraction of sp³-hybridized carbons (Fsp3) is 0.400. The van der Waals surface area contributed by atoms with Crippen LogP contribution in [0.3, 0.4) is 0 Å². The van der Waals surface area contributed by atoms with E-state index in [1.165, 1.54) is 27.6 Å². The maximum atomic E-state index is 13.3. The number of hydrogen-bond donors (Lipinski definition) is 0. The third-order valence-corrected chi connectivity index (χ3v) is 6.30. The lowest BCUT2D eigenvalue weighted by molar-refractivity contribution is -0.133. The van der Waals surface area contributed by atoms with E-state index in [0.29, 0.717) is 6.42 Å². The summed E-state index contributed by atoms with van der Waals surface area (Å²) >= 11 is 0. The van der Waals surface area contributed by atoms with Gasteiger partial charge >= 0.3 is 0 Å². The van der Waals surface area contributed by atoms with Gasteiger partial charge in [-0.1, -0.05) is 55.0 Å². The molecule has 0 spiro atoms. The highest BCUT2D eigenvalue weighted by molar-refractivity contribution is 5.86. The Morgan fingerprint density at radius 1 is 1.03 bits per heavy atom. The Balaban J connectivity index is 1.67. The first-order valence-corrected chi connectivity index (χ1v) is 10.7. The van der Waals surface area contributed by atoms with Gasteiger partial charge in [-0.25, -0.2) is 0 Å². The highest BCUT2D eigenvalue weighted by Gasteiger charge is 2.26. The molecule has 2 heterocycles. The lowest BCUT2D eigenvalue weighted by Gasteiger charge is -2.35. The molecule has 1 aliphatic heterocycles. The molecule has 152 valence electrons. The SMILES string of the molecule is CCN1CCN(C(=O)CC(c2cccc(C)c2)c2cn(C)c3ccccc23)CC1. The zero-order valence-electron chi connectivity index (χ0n) is 17.8. The molecule has 2 aromatic carbocycles. The number of nitrogens with zero attached hydrogens (tertiary/aromatic N) is 3. The zero-order valence-corrected chi connectivity index (χ0v) is 17.8. The van der Waals surface area contributed by atoms with Crippen LogP contribution >= 0.6 is 0 Å². The molecule has 0 radical (unpaired) electrons. The van der Waals surface area contributed by atoms with Crippen molar-refractivity contribution < 1.29 is 4.79 Å². The Morgan fingerprint density at radius 3 is 2.52 bits per heavy atom. The minimum absolute atomic E-state index is 0.0673. The summed E-state index contributed by atoms with van der Waals surface area (Å²) in [5, 5.41) is 1.24. The Hall–Kier alpha value is -2.59. The number of benzene rings is 2. The fourth-order valence-corrected chi connectivity index (χ4v) is 4.56. The maximum Gasteiger partial charge on any atom is 0.223 e. The van der Waals surface area contributed by atoms with E-state index in [4.69, 9.17) is 0 Å².